The zero-order valence-corrected chi connectivity index (χ0v) is 20.8. The molecule has 3 aromatic rings. The molecule has 6 nitrogen and oxygen atoms in total. The lowest BCUT2D eigenvalue weighted by Gasteiger charge is -2.31. The summed E-state index contributed by atoms with van der Waals surface area (Å²) >= 11 is 1.37. The summed E-state index contributed by atoms with van der Waals surface area (Å²) in [5.41, 5.74) is 1.89. The standard InChI is InChI=1S/C26H32FN5OS/c1-19(21-10-6-4-7-11-21)30(3)24(33)18-34-26-29-28-25(20(2)31-16-8-5-9-17-31)32(26)23-14-12-22(27)13-15-23/h4,6-7,10-15,19-20H,5,8-9,16-18H2,1-3H3/t19-,20+/m1/s1. The maximum absolute atomic E-state index is 13.6. The zero-order chi connectivity index (χ0) is 24.1. The van der Waals surface area contributed by atoms with Gasteiger partial charge in [0.2, 0.25) is 5.91 Å². The number of carbonyl (C=O) groups excluding carboxylic acids is 1. The molecule has 8 heteroatoms. The van der Waals surface area contributed by atoms with Crippen molar-refractivity contribution < 1.29 is 9.18 Å². The third-order valence-corrected chi connectivity index (χ3v) is 7.55. The Morgan fingerprint density at radius 2 is 1.71 bits per heavy atom. The molecule has 0 spiro atoms. The second-order valence-electron chi connectivity index (χ2n) is 8.81. The van der Waals surface area contributed by atoms with Crippen LogP contribution in [0.3, 0.4) is 0 Å². The lowest BCUT2D eigenvalue weighted by molar-refractivity contribution is -0.128. The highest BCUT2D eigenvalue weighted by Gasteiger charge is 2.26. The first-order valence-electron chi connectivity index (χ1n) is 11.8. The predicted octanol–water partition coefficient (Wildman–Crippen LogP) is 5.27. The van der Waals surface area contributed by atoms with Crippen molar-refractivity contribution in [3.05, 3.63) is 71.8 Å². The molecule has 4 rings (SSSR count). The number of benzene rings is 2. The minimum atomic E-state index is -0.289. The van der Waals surface area contributed by atoms with Gasteiger partial charge in [0.15, 0.2) is 11.0 Å². The molecular weight excluding hydrogens is 449 g/mol. The first-order chi connectivity index (χ1) is 16.5. The number of likely N-dealkylation sites (tertiary alicyclic amines) is 1. The molecule has 1 aliphatic heterocycles. The molecule has 1 saturated heterocycles. The van der Waals surface area contributed by atoms with E-state index in [-0.39, 0.29) is 29.6 Å². The van der Waals surface area contributed by atoms with Gasteiger partial charge >= 0.3 is 0 Å². The number of nitrogens with zero attached hydrogens (tertiary/aromatic N) is 5. The Balaban J connectivity index is 1.54. The number of carbonyl (C=O) groups is 1. The van der Waals surface area contributed by atoms with Crippen LogP contribution in [0.2, 0.25) is 0 Å². The van der Waals surface area contributed by atoms with Gasteiger partial charge in [-0.15, -0.1) is 10.2 Å². The molecule has 1 aliphatic rings. The van der Waals surface area contributed by atoms with Crippen LogP contribution in [0.5, 0.6) is 0 Å². The quantitative estimate of drug-likeness (QED) is 0.411. The summed E-state index contributed by atoms with van der Waals surface area (Å²) in [5.74, 6) is 0.781. The Hall–Kier alpha value is -2.71. The average molecular weight is 482 g/mol. The van der Waals surface area contributed by atoms with E-state index in [4.69, 9.17) is 0 Å². The molecule has 1 amide bonds. The van der Waals surface area contributed by atoms with Crippen molar-refractivity contribution in [1.82, 2.24) is 24.6 Å². The Bertz CT molecular complexity index is 1080. The average Bonchev–Trinajstić information content (AvgIpc) is 3.31. The summed E-state index contributed by atoms with van der Waals surface area (Å²) in [6.45, 7) is 6.22. The van der Waals surface area contributed by atoms with Crippen molar-refractivity contribution in [3.8, 4) is 5.69 Å². The fourth-order valence-electron chi connectivity index (χ4n) is 4.35. The highest BCUT2D eigenvalue weighted by atomic mass is 32.2. The second-order valence-corrected chi connectivity index (χ2v) is 9.75. The molecule has 1 fully saturated rings. The third kappa shape index (κ3) is 5.50. The van der Waals surface area contributed by atoms with E-state index in [1.54, 1.807) is 17.0 Å². The van der Waals surface area contributed by atoms with Crippen LogP contribution >= 0.6 is 11.8 Å². The van der Waals surface area contributed by atoms with Gasteiger partial charge in [-0.05, 0) is 69.6 Å². The first kappa shape index (κ1) is 24.4. The minimum Gasteiger partial charge on any atom is -0.338 e. The van der Waals surface area contributed by atoms with E-state index in [1.807, 2.05) is 48.9 Å². The van der Waals surface area contributed by atoms with Crippen LogP contribution < -0.4 is 0 Å². The van der Waals surface area contributed by atoms with Gasteiger partial charge < -0.3 is 4.90 Å². The summed E-state index contributed by atoms with van der Waals surface area (Å²) in [4.78, 5) is 17.2. The largest absolute Gasteiger partial charge is 0.338 e. The van der Waals surface area contributed by atoms with Crippen LogP contribution in [-0.4, -0.2) is 56.4 Å². The number of aromatic nitrogens is 3. The van der Waals surface area contributed by atoms with Crippen molar-refractivity contribution in [1.29, 1.82) is 0 Å². The summed E-state index contributed by atoms with van der Waals surface area (Å²) in [6, 6.07) is 16.4. The molecule has 2 aromatic carbocycles. The van der Waals surface area contributed by atoms with E-state index in [2.05, 4.69) is 22.0 Å². The number of hydrogen-bond acceptors (Lipinski definition) is 5. The van der Waals surface area contributed by atoms with E-state index in [0.29, 0.717) is 5.16 Å². The molecule has 1 aromatic heterocycles. The SMILES string of the molecule is C[C@H](c1ccccc1)N(C)C(=O)CSc1nnc([C@H](C)N2CCCCC2)n1-c1ccc(F)cc1. The number of hydrogen-bond donors (Lipinski definition) is 0. The van der Waals surface area contributed by atoms with E-state index in [9.17, 15) is 9.18 Å². The first-order valence-corrected chi connectivity index (χ1v) is 12.8. The van der Waals surface area contributed by atoms with E-state index < -0.39 is 0 Å². The molecule has 0 unspecified atom stereocenters. The van der Waals surface area contributed by atoms with Crippen LogP contribution in [0.1, 0.15) is 56.6 Å². The van der Waals surface area contributed by atoms with E-state index in [1.165, 1.54) is 43.2 Å². The number of piperidine rings is 1. The van der Waals surface area contributed by atoms with Gasteiger partial charge in [-0.2, -0.15) is 0 Å². The Morgan fingerprint density at radius 3 is 2.38 bits per heavy atom. The lowest BCUT2D eigenvalue weighted by Crippen LogP contribution is -2.33. The van der Waals surface area contributed by atoms with Gasteiger partial charge in [0, 0.05) is 12.7 Å². The van der Waals surface area contributed by atoms with Gasteiger partial charge in [-0.1, -0.05) is 48.5 Å². The maximum Gasteiger partial charge on any atom is 0.233 e. The van der Waals surface area contributed by atoms with Crippen LogP contribution in [-0.2, 0) is 4.79 Å². The fourth-order valence-corrected chi connectivity index (χ4v) is 5.23. The van der Waals surface area contributed by atoms with Gasteiger partial charge in [0.05, 0.1) is 17.8 Å². The van der Waals surface area contributed by atoms with Crippen molar-refractivity contribution in [2.24, 2.45) is 0 Å². The normalized spacial score (nSPS) is 16.2. The number of thioether (sulfide) groups is 1. The molecule has 0 radical (unpaired) electrons. The Labute approximate surface area is 205 Å². The van der Waals surface area contributed by atoms with Crippen molar-refractivity contribution >= 4 is 17.7 Å². The van der Waals surface area contributed by atoms with Gasteiger partial charge in [0.25, 0.3) is 0 Å². The molecule has 34 heavy (non-hydrogen) atoms. The van der Waals surface area contributed by atoms with Gasteiger partial charge in [0.1, 0.15) is 5.82 Å². The highest BCUT2D eigenvalue weighted by Crippen LogP contribution is 2.30. The smallest absolute Gasteiger partial charge is 0.233 e. The molecular formula is C26H32FN5OS. The molecule has 180 valence electrons. The number of rotatable bonds is 8. The summed E-state index contributed by atoms with van der Waals surface area (Å²) in [7, 11) is 1.83. The van der Waals surface area contributed by atoms with Crippen LogP contribution in [0, 0.1) is 5.82 Å². The number of amides is 1. The zero-order valence-electron chi connectivity index (χ0n) is 20.0. The van der Waals surface area contributed by atoms with Crippen molar-refractivity contribution in [3.63, 3.8) is 0 Å². The molecule has 2 atom stereocenters. The monoisotopic (exact) mass is 481 g/mol. The van der Waals surface area contributed by atoms with Gasteiger partial charge in [-0.3, -0.25) is 14.3 Å². The maximum atomic E-state index is 13.6. The molecule has 0 saturated carbocycles. The summed E-state index contributed by atoms with van der Waals surface area (Å²) in [5, 5.41) is 9.62. The summed E-state index contributed by atoms with van der Waals surface area (Å²) in [6.07, 6.45) is 3.61. The van der Waals surface area contributed by atoms with Crippen LogP contribution in [0.4, 0.5) is 4.39 Å². The third-order valence-electron chi connectivity index (χ3n) is 6.64. The van der Waals surface area contributed by atoms with Gasteiger partial charge in [-0.25, -0.2) is 4.39 Å². The Kier molecular flexibility index (Phi) is 8.00. The van der Waals surface area contributed by atoms with Crippen LogP contribution in [0.15, 0.2) is 59.8 Å². The topological polar surface area (TPSA) is 54.3 Å². The molecule has 0 bridgehead atoms. The minimum absolute atomic E-state index is 0.0145. The number of halogens is 1. The predicted molar refractivity (Wildman–Crippen MR) is 134 cm³/mol. The lowest BCUT2D eigenvalue weighted by atomic mass is 10.1. The second kappa shape index (κ2) is 11.1. The van der Waals surface area contributed by atoms with Crippen molar-refractivity contribution in [2.45, 2.75) is 50.4 Å². The molecule has 2 heterocycles. The Morgan fingerprint density at radius 1 is 1.03 bits per heavy atom. The fraction of sp³-hybridized carbons (Fsp3) is 0.423. The van der Waals surface area contributed by atoms with E-state index >= 15 is 0 Å². The van der Waals surface area contributed by atoms with E-state index in [0.717, 1.165) is 30.2 Å². The highest BCUT2D eigenvalue weighted by molar-refractivity contribution is 7.99. The van der Waals surface area contributed by atoms with Crippen LogP contribution in [0.25, 0.3) is 5.69 Å². The van der Waals surface area contributed by atoms with Crippen molar-refractivity contribution in [2.75, 3.05) is 25.9 Å². The molecule has 0 aliphatic carbocycles. The molecule has 0 N–H and O–H groups in total. The summed E-state index contributed by atoms with van der Waals surface area (Å²) < 4.78 is 15.6.